The van der Waals surface area contributed by atoms with Crippen molar-refractivity contribution in [1.82, 2.24) is 9.21 Å². The lowest BCUT2D eigenvalue weighted by Crippen LogP contribution is -2.47. The molecule has 1 unspecified atom stereocenters. The van der Waals surface area contributed by atoms with Crippen LogP contribution in [-0.2, 0) is 16.4 Å². The molecule has 1 aromatic heterocycles. The Morgan fingerprint density at radius 3 is 2.85 bits per heavy atom. The van der Waals surface area contributed by atoms with Crippen molar-refractivity contribution in [2.45, 2.75) is 29.5 Å². The Morgan fingerprint density at radius 1 is 1.45 bits per heavy atom. The van der Waals surface area contributed by atoms with Gasteiger partial charge in [0.2, 0.25) is 0 Å². The molecule has 1 atom stereocenters. The average Bonchev–Trinajstić information content (AvgIpc) is 2.88. The van der Waals surface area contributed by atoms with E-state index in [9.17, 15) is 8.42 Å². The van der Waals surface area contributed by atoms with E-state index < -0.39 is 10.0 Å². The molecule has 20 heavy (non-hydrogen) atoms. The summed E-state index contributed by atoms with van der Waals surface area (Å²) in [5.74, 6) is 0.520. The van der Waals surface area contributed by atoms with Gasteiger partial charge in [-0.2, -0.15) is 4.31 Å². The quantitative estimate of drug-likeness (QED) is 0.774. The summed E-state index contributed by atoms with van der Waals surface area (Å²) in [4.78, 5) is 3.13. The SMILES string of the molecule is CN(C)C1CCCN(S(=O)(=O)c2ccc(CCCl)s2)C1. The third-order valence-corrected chi connectivity index (χ3v) is 7.33. The Hall–Kier alpha value is -0.140. The highest BCUT2D eigenvalue weighted by Gasteiger charge is 2.31. The zero-order valence-corrected chi connectivity index (χ0v) is 14.3. The molecule has 4 nitrogen and oxygen atoms in total. The molecule has 1 saturated heterocycles. The number of hydrogen-bond donors (Lipinski definition) is 0. The minimum atomic E-state index is -3.34. The molecule has 0 bridgehead atoms. The highest BCUT2D eigenvalue weighted by Crippen LogP contribution is 2.28. The molecule has 0 N–H and O–H groups in total. The van der Waals surface area contributed by atoms with Gasteiger partial charge >= 0.3 is 0 Å². The fraction of sp³-hybridized carbons (Fsp3) is 0.692. The van der Waals surface area contributed by atoms with Gasteiger partial charge in [0.1, 0.15) is 4.21 Å². The molecule has 2 rings (SSSR count). The molecule has 0 saturated carbocycles. The molecule has 1 aliphatic heterocycles. The van der Waals surface area contributed by atoms with Crippen LogP contribution in [0.3, 0.4) is 0 Å². The van der Waals surface area contributed by atoms with Crippen LogP contribution in [0.4, 0.5) is 0 Å². The number of piperidine rings is 1. The van der Waals surface area contributed by atoms with Gasteiger partial charge in [-0.1, -0.05) is 0 Å². The van der Waals surface area contributed by atoms with Crippen molar-refractivity contribution in [3.05, 3.63) is 17.0 Å². The maximum Gasteiger partial charge on any atom is 0.252 e. The number of aryl methyl sites for hydroxylation is 1. The molecule has 114 valence electrons. The number of nitrogens with zero attached hydrogens (tertiary/aromatic N) is 2. The summed E-state index contributed by atoms with van der Waals surface area (Å²) in [6, 6.07) is 3.88. The number of thiophene rings is 1. The summed E-state index contributed by atoms with van der Waals surface area (Å²) in [6.07, 6.45) is 2.70. The third-order valence-electron chi connectivity index (χ3n) is 3.66. The predicted molar refractivity (Wildman–Crippen MR) is 84.2 cm³/mol. The lowest BCUT2D eigenvalue weighted by molar-refractivity contribution is 0.190. The monoisotopic (exact) mass is 336 g/mol. The standard InChI is InChI=1S/C13H21ClN2O2S2/c1-15(2)11-4-3-9-16(10-11)20(17,18)13-6-5-12(19-13)7-8-14/h5-6,11H,3-4,7-10H2,1-2H3. The molecule has 0 aliphatic carbocycles. The van der Waals surface area contributed by atoms with E-state index in [1.807, 2.05) is 20.2 Å². The first-order valence-corrected chi connectivity index (χ1v) is 9.55. The van der Waals surface area contributed by atoms with Crippen molar-refractivity contribution in [1.29, 1.82) is 0 Å². The second-order valence-electron chi connectivity index (χ2n) is 5.28. The van der Waals surface area contributed by atoms with Gasteiger partial charge in [0.15, 0.2) is 0 Å². The Bertz CT molecular complexity index is 542. The lowest BCUT2D eigenvalue weighted by Gasteiger charge is -2.35. The average molecular weight is 337 g/mol. The second kappa shape index (κ2) is 6.75. The minimum Gasteiger partial charge on any atom is -0.305 e. The molecular weight excluding hydrogens is 316 g/mol. The van der Waals surface area contributed by atoms with Crippen LogP contribution in [0.5, 0.6) is 0 Å². The number of halogens is 1. The fourth-order valence-corrected chi connectivity index (χ4v) is 5.75. The predicted octanol–water partition coefficient (Wildman–Crippen LogP) is 2.24. The highest BCUT2D eigenvalue weighted by atomic mass is 35.5. The van der Waals surface area contributed by atoms with Gasteiger partial charge in [0.05, 0.1) is 0 Å². The Kier molecular flexibility index (Phi) is 5.48. The van der Waals surface area contributed by atoms with E-state index in [1.54, 1.807) is 10.4 Å². The normalized spacial score (nSPS) is 21.5. The summed E-state index contributed by atoms with van der Waals surface area (Å²) >= 11 is 7.04. The van der Waals surface area contributed by atoms with Crippen molar-refractivity contribution in [2.75, 3.05) is 33.1 Å². The molecule has 7 heteroatoms. The Labute approximate surface area is 130 Å². The maximum absolute atomic E-state index is 12.7. The molecule has 0 radical (unpaired) electrons. The van der Waals surface area contributed by atoms with Gasteiger partial charge in [0.25, 0.3) is 10.0 Å². The first-order chi connectivity index (χ1) is 9.45. The van der Waals surface area contributed by atoms with E-state index in [1.165, 1.54) is 11.3 Å². The van der Waals surface area contributed by atoms with Gasteiger partial charge in [-0.3, -0.25) is 0 Å². The summed E-state index contributed by atoms with van der Waals surface area (Å²) in [5.41, 5.74) is 0. The van der Waals surface area contributed by atoms with Crippen molar-refractivity contribution >= 4 is 33.0 Å². The molecule has 1 aliphatic rings. The number of likely N-dealkylation sites (N-methyl/N-ethyl adjacent to an activating group) is 1. The Balaban J connectivity index is 2.16. The first-order valence-electron chi connectivity index (χ1n) is 6.76. The topological polar surface area (TPSA) is 40.6 Å². The summed E-state index contributed by atoms with van der Waals surface area (Å²) < 4.78 is 27.4. The van der Waals surface area contributed by atoms with Gasteiger partial charge in [-0.15, -0.1) is 22.9 Å². The molecule has 1 aromatic rings. The molecule has 2 heterocycles. The third kappa shape index (κ3) is 3.54. The number of rotatable bonds is 5. The molecule has 0 aromatic carbocycles. The molecule has 0 amide bonds. The van der Waals surface area contributed by atoms with Crippen molar-refractivity contribution in [3.8, 4) is 0 Å². The van der Waals surface area contributed by atoms with Crippen LogP contribution < -0.4 is 0 Å². The molecular formula is C13H21ClN2O2S2. The van der Waals surface area contributed by atoms with Crippen LogP contribution in [-0.4, -0.2) is 56.7 Å². The van der Waals surface area contributed by atoms with E-state index >= 15 is 0 Å². The molecule has 0 spiro atoms. The van der Waals surface area contributed by atoms with Crippen LogP contribution in [0.25, 0.3) is 0 Å². The Morgan fingerprint density at radius 2 is 2.20 bits per heavy atom. The zero-order valence-electron chi connectivity index (χ0n) is 11.9. The van der Waals surface area contributed by atoms with E-state index in [0.29, 0.717) is 29.2 Å². The largest absolute Gasteiger partial charge is 0.305 e. The number of alkyl halides is 1. The molecule has 1 fully saturated rings. The van der Waals surface area contributed by atoms with Crippen LogP contribution >= 0.6 is 22.9 Å². The zero-order chi connectivity index (χ0) is 14.8. The van der Waals surface area contributed by atoms with Crippen molar-refractivity contribution in [3.63, 3.8) is 0 Å². The minimum absolute atomic E-state index is 0.306. The number of hydrogen-bond acceptors (Lipinski definition) is 4. The van der Waals surface area contributed by atoms with E-state index in [2.05, 4.69) is 4.90 Å². The van der Waals surface area contributed by atoms with Gasteiger partial charge in [0, 0.05) is 29.9 Å². The summed E-state index contributed by atoms with van der Waals surface area (Å²) in [6.45, 7) is 1.20. The van der Waals surface area contributed by atoms with Crippen molar-refractivity contribution in [2.24, 2.45) is 0 Å². The van der Waals surface area contributed by atoms with Gasteiger partial charge in [-0.05, 0) is 45.5 Å². The smallest absolute Gasteiger partial charge is 0.252 e. The second-order valence-corrected chi connectivity index (χ2v) is 8.99. The van der Waals surface area contributed by atoms with Gasteiger partial charge < -0.3 is 4.90 Å². The van der Waals surface area contributed by atoms with Crippen molar-refractivity contribution < 1.29 is 8.42 Å². The van der Waals surface area contributed by atoms with Crippen LogP contribution in [0, 0.1) is 0 Å². The maximum atomic E-state index is 12.7. The van der Waals surface area contributed by atoms with E-state index in [-0.39, 0.29) is 0 Å². The van der Waals surface area contributed by atoms with Crippen LogP contribution in [0.2, 0.25) is 0 Å². The van der Waals surface area contributed by atoms with E-state index in [4.69, 9.17) is 11.6 Å². The number of sulfonamides is 1. The van der Waals surface area contributed by atoms with Gasteiger partial charge in [-0.25, -0.2) is 8.42 Å². The lowest BCUT2D eigenvalue weighted by atomic mass is 10.1. The van der Waals surface area contributed by atoms with Crippen LogP contribution in [0.1, 0.15) is 17.7 Å². The fourth-order valence-electron chi connectivity index (χ4n) is 2.41. The van der Waals surface area contributed by atoms with E-state index in [0.717, 1.165) is 24.1 Å². The van der Waals surface area contributed by atoms with Crippen LogP contribution in [0.15, 0.2) is 16.3 Å². The first kappa shape index (κ1) is 16.2. The summed E-state index contributed by atoms with van der Waals surface area (Å²) in [7, 11) is 0.665. The highest BCUT2D eigenvalue weighted by molar-refractivity contribution is 7.91. The summed E-state index contributed by atoms with van der Waals surface area (Å²) in [5, 5.41) is 0.